The quantitative estimate of drug-likeness (QED) is 0.190. The van der Waals surface area contributed by atoms with Gasteiger partial charge in [0.1, 0.15) is 0 Å². The lowest BCUT2D eigenvalue weighted by Crippen LogP contribution is -2.42. The summed E-state index contributed by atoms with van der Waals surface area (Å²) in [5, 5.41) is 33.8. The molecule has 8 heteroatoms. The Bertz CT molecular complexity index is 425. The smallest absolute Gasteiger partial charge is 0.336 e. The average molecular weight is 434 g/mol. The molecule has 0 rings (SSSR count). The van der Waals surface area contributed by atoms with Gasteiger partial charge in [0.2, 0.25) is 0 Å². The van der Waals surface area contributed by atoms with Crippen LogP contribution in [0.2, 0.25) is 0 Å². The molecule has 0 aromatic rings. The number of unbranched alkanes of at least 4 members (excludes halogenated alkanes) is 13. The average Bonchev–Trinajstić information content (AvgIpc) is 2.64. The monoisotopic (exact) mass is 433 g/mol. The molecule has 30 heavy (non-hydrogen) atoms. The van der Waals surface area contributed by atoms with Gasteiger partial charge in [-0.2, -0.15) is 0 Å². The van der Waals surface area contributed by atoms with Crippen LogP contribution in [0.1, 0.15) is 110 Å². The summed E-state index contributed by atoms with van der Waals surface area (Å²) in [7, 11) is 0. The van der Waals surface area contributed by atoms with Crippen LogP contribution in [0.5, 0.6) is 0 Å². The minimum absolute atomic E-state index is 0.873. The zero-order valence-corrected chi connectivity index (χ0v) is 18.6. The van der Waals surface area contributed by atoms with Gasteiger partial charge in [0.25, 0.3) is 0 Å². The Morgan fingerprint density at radius 2 is 0.933 bits per heavy atom. The van der Waals surface area contributed by atoms with Gasteiger partial charge in [-0.25, -0.2) is 4.79 Å². The highest BCUT2D eigenvalue weighted by atomic mass is 16.4. The first kappa shape index (κ1) is 30.5. The molecule has 0 fully saturated rings. The van der Waals surface area contributed by atoms with Crippen LogP contribution in [0.4, 0.5) is 0 Å². The van der Waals surface area contributed by atoms with Crippen molar-refractivity contribution in [1.82, 2.24) is 0 Å². The summed E-state index contributed by atoms with van der Waals surface area (Å²) in [5.74, 6) is -5.02. The van der Waals surface area contributed by atoms with Gasteiger partial charge < -0.3 is 26.2 Å². The van der Waals surface area contributed by atoms with E-state index in [-0.39, 0.29) is 0 Å². The third kappa shape index (κ3) is 21.0. The fourth-order valence-corrected chi connectivity index (χ4v) is 3.05. The number of carboxylic acids is 3. The van der Waals surface area contributed by atoms with Crippen molar-refractivity contribution in [1.29, 1.82) is 0 Å². The molecule has 0 aromatic heterocycles. The minimum atomic E-state index is -2.74. The van der Waals surface area contributed by atoms with E-state index in [9.17, 15) is 14.4 Å². The maximum atomic E-state index is 10.3. The molecular formula is C22H43NO7. The lowest BCUT2D eigenvalue weighted by molar-refractivity contribution is -0.170. The van der Waals surface area contributed by atoms with Crippen LogP contribution in [0.15, 0.2) is 0 Å². The first-order chi connectivity index (χ1) is 14.2. The molecule has 8 nitrogen and oxygen atoms in total. The molecular weight excluding hydrogens is 390 g/mol. The number of carboxylic acid groups (broad SMARTS) is 3. The van der Waals surface area contributed by atoms with Gasteiger partial charge in [0.05, 0.1) is 12.8 Å². The molecule has 0 saturated carbocycles. The summed E-state index contributed by atoms with van der Waals surface area (Å²) in [4.78, 5) is 30.5. The van der Waals surface area contributed by atoms with E-state index >= 15 is 0 Å². The standard InChI is InChI=1S/C16H35N.C6H8O7/c1-2-3-4-5-6-7-8-9-10-11-12-13-14-15-16-17;7-3(8)1-6(13,5(11)12)2-4(9)10/h2-17H2,1H3;13H,1-2H2,(H,7,8)(H,9,10)(H,11,12). The van der Waals surface area contributed by atoms with E-state index in [1.165, 1.54) is 89.9 Å². The third-order valence-electron chi connectivity index (χ3n) is 4.84. The number of aliphatic hydroxyl groups is 1. The Hall–Kier alpha value is -1.67. The van der Waals surface area contributed by atoms with Gasteiger partial charge in [-0.15, -0.1) is 0 Å². The van der Waals surface area contributed by atoms with E-state index in [4.69, 9.17) is 26.2 Å². The van der Waals surface area contributed by atoms with Crippen molar-refractivity contribution in [3.63, 3.8) is 0 Å². The van der Waals surface area contributed by atoms with Gasteiger partial charge in [0, 0.05) is 0 Å². The van der Waals surface area contributed by atoms with Crippen molar-refractivity contribution >= 4 is 17.9 Å². The van der Waals surface area contributed by atoms with E-state index in [1.54, 1.807) is 0 Å². The van der Waals surface area contributed by atoms with Gasteiger partial charge in [0.15, 0.2) is 5.60 Å². The SMILES string of the molecule is CCCCCCCCCCCCCCCCN.O=C(O)CC(O)(CC(=O)O)C(=O)O. The maximum Gasteiger partial charge on any atom is 0.336 e. The summed E-state index contributed by atoms with van der Waals surface area (Å²) in [6.07, 6.45) is 17.6. The van der Waals surface area contributed by atoms with E-state index in [2.05, 4.69) is 6.92 Å². The Labute approximate surface area is 180 Å². The van der Waals surface area contributed by atoms with E-state index in [1.807, 2.05) is 0 Å². The fraction of sp³-hybridized carbons (Fsp3) is 0.864. The Morgan fingerprint density at radius 1 is 0.633 bits per heavy atom. The van der Waals surface area contributed by atoms with Crippen LogP contribution >= 0.6 is 0 Å². The molecule has 0 aliphatic rings. The molecule has 0 spiro atoms. The van der Waals surface area contributed by atoms with Crippen molar-refractivity contribution in [3.05, 3.63) is 0 Å². The van der Waals surface area contributed by atoms with Gasteiger partial charge >= 0.3 is 17.9 Å². The Kier molecular flexibility index (Phi) is 21.0. The van der Waals surface area contributed by atoms with Gasteiger partial charge in [-0.05, 0) is 13.0 Å². The number of aliphatic carboxylic acids is 3. The molecule has 0 unspecified atom stereocenters. The highest BCUT2D eigenvalue weighted by Gasteiger charge is 2.40. The molecule has 0 aliphatic carbocycles. The maximum absolute atomic E-state index is 10.3. The number of hydrogen-bond acceptors (Lipinski definition) is 5. The number of nitrogens with two attached hydrogens (primary N) is 1. The fourth-order valence-electron chi connectivity index (χ4n) is 3.05. The van der Waals surface area contributed by atoms with Crippen LogP contribution in [-0.2, 0) is 14.4 Å². The predicted octanol–water partition coefficient (Wildman–Crippen LogP) is 4.18. The molecule has 0 radical (unpaired) electrons. The van der Waals surface area contributed by atoms with Gasteiger partial charge in [-0.1, -0.05) is 90.4 Å². The van der Waals surface area contributed by atoms with Crippen LogP contribution in [0.25, 0.3) is 0 Å². The molecule has 0 heterocycles. The predicted molar refractivity (Wildman–Crippen MR) is 116 cm³/mol. The highest BCUT2D eigenvalue weighted by Crippen LogP contribution is 2.16. The lowest BCUT2D eigenvalue weighted by Gasteiger charge is -2.18. The van der Waals surface area contributed by atoms with Gasteiger partial charge in [-0.3, -0.25) is 9.59 Å². The molecule has 0 saturated heterocycles. The summed E-state index contributed by atoms with van der Waals surface area (Å²) in [5.41, 5.74) is 2.73. The van der Waals surface area contributed by atoms with E-state index < -0.39 is 36.4 Å². The summed E-state index contributed by atoms with van der Waals surface area (Å²) >= 11 is 0. The topological polar surface area (TPSA) is 158 Å². The van der Waals surface area contributed by atoms with Crippen LogP contribution in [-0.4, -0.2) is 50.5 Å². The van der Waals surface area contributed by atoms with Crippen molar-refractivity contribution in [2.24, 2.45) is 5.73 Å². The second-order valence-electron chi connectivity index (χ2n) is 7.86. The molecule has 0 bridgehead atoms. The molecule has 178 valence electrons. The van der Waals surface area contributed by atoms with Crippen molar-refractivity contribution in [2.45, 2.75) is 115 Å². The van der Waals surface area contributed by atoms with Crippen molar-refractivity contribution in [2.75, 3.05) is 6.54 Å². The normalized spacial score (nSPS) is 10.9. The third-order valence-corrected chi connectivity index (χ3v) is 4.84. The second-order valence-corrected chi connectivity index (χ2v) is 7.86. The summed E-state index contributed by atoms with van der Waals surface area (Å²) in [6.45, 7) is 3.16. The minimum Gasteiger partial charge on any atom is -0.481 e. The first-order valence-electron chi connectivity index (χ1n) is 11.3. The molecule has 0 amide bonds. The molecule has 0 aromatic carbocycles. The van der Waals surface area contributed by atoms with Crippen LogP contribution < -0.4 is 5.73 Å². The van der Waals surface area contributed by atoms with Crippen LogP contribution in [0, 0.1) is 0 Å². The zero-order chi connectivity index (χ0) is 23.3. The molecule has 0 aliphatic heterocycles. The Morgan fingerprint density at radius 3 is 1.17 bits per heavy atom. The van der Waals surface area contributed by atoms with Crippen LogP contribution in [0.3, 0.4) is 0 Å². The molecule has 0 atom stereocenters. The second kappa shape index (κ2) is 20.6. The molecule has 6 N–H and O–H groups in total. The Balaban J connectivity index is 0. The lowest BCUT2D eigenvalue weighted by atomic mass is 9.96. The van der Waals surface area contributed by atoms with Crippen molar-refractivity contribution < 1.29 is 34.8 Å². The van der Waals surface area contributed by atoms with E-state index in [0.29, 0.717) is 0 Å². The van der Waals surface area contributed by atoms with Crippen molar-refractivity contribution in [3.8, 4) is 0 Å². The zero-order valence-electron chi connectivity index (χ0n) is 18.6. The number of carbonyl (C=O) groups is 3. The first-order valence-corrected chi connectivity index (χ1v) is 11.3. The van der Waals surface area contributed by atoms with E-state index in [0.717, 1.165) is 6.54 Å². The summed E-state index contributed by atoms with van der Waals surface area (Å²) < 4.78 is 0. The largest absolute Gasteiger partial charge is 0.481 e. The number of rotatable bonds is 19. The number of hydrogen-bond donors (Lipinski definition) is 5. The highest BCUT2D eigenvalue weighted by molar-refractivity contribution is 5.88. The summed E-state index contributed by atoms with van der Waals surface area (Å²) in [6, 6.07) is 0.